The van der Waals surface area contributed by atoms with E-state index in [2.05, 4.69) is 5.16 Å². The summed E-state index contributed by atoms with van der Waals surface area (Å²) in [5.41, 5.74) is 0.863. The van der Waals surface area contributed by atoms with Gasteiger partial charge in [0.25, 0.3) is 0 Å². The predicted octanol–water partition coefficient (Wildman–Crippen LogP) is 2.26. The number of aromatic carboxylic acids is 1. The van der Waals surface area contributed by atoms with Crippen molar-refractivity contribution in [3.05, 3.63) is 47.3 Å². The van der Waals surface area contributed by atoms with E-state index in [0.29, 0.717) is 17.2 Å². The first kappa shape index (κ1) is 11.2. The van der Waals surface area contributed by atoms with Crippen molar-refractivity contribution in [3.8, 4) is 5.75 Å². The molecule has 0 fully saturated rings. The molecular formula is C12H11NO4. The monoisotopic (exact) mass is 233 g/mol. The highest BCUT2D eigenvalue weighted by atomic mass is 16.5. The van der Waals surface area contributed by atoms with Crippen molar-refractivity contribution < 1.29 is 19.2 Å². The van der Waals surface area contributed by atoms with E-state index >= 15 is 0 Å². The van der Waals surface area contributed by atoms with Gasteiger partial charge in [-0.25, -0.2) is 4.79 Å². The molecule has 1 aromatic carbocycles. The Kier molecular flexibility index (Phi) is 3.09. The summed E-state index contributed by atoms with van der Waals surface area (Å²) in [5.74, 6) is 0.223. The van der Waals surface area contributed by atoms with Gasteiger partial charge in [-0.3, -0.25) is 0 Å². The molecule has 0 aliphatic carbocycles. The standard InChI is InChI=1S/C12H11NO4/c1-8-5-10(13-17-8)7-16-11-4-2-3-9(6-11)12(14)15/h2-6H,7H2,1H3,(H,14,15). The van der Waals surface area contributed by atoms with Crippen molar-refractivity contribution in [1.29, 1.82) is 0 Å². The minimum atomic E-state index is -0.979. The Bertz CT molecular complexity index is 533. The van der Waals surface area contributed by atoms with Gasteiger partial charge in [0.05, 0.1) is 5.56 Å². The largest absolute Gasteiger partial charge is 0.487 e. The normalized spacial score (nSPS) is 10.2. The molecular weight excluding hydrogens is 222 g/mol. The number of rotatable bonds is 4. The maximum Gasteiger partial charge on any atom is 0.335 e. The molecule has 5 heteroatoms. The van der Waals surface area contributed by atoms with E-state index in [1.54, 1.807) is 25.1 Å². The average Bonchev–Trinajstić information content (AvgIpc) is 2.73. The fraction of sp³-hybridized carbons (Fsp3) is 0.167. The lowest BCUT2D eigenvalue weighted by Crippen LogP contribution is -1.99. The van der Waals surface area contributed by atoms with Gasteiger partial charge in [0.1, 0.15) is 23.8 Å². The predicted molar refractivity (Wildman–Crippen MR) is 59.0 cm³/mol. The van der Waals surface area contributed by atoms with E-state index in [0.717, 1.165) is 0 Å². The van der Waals surface area contributed by atoms with Gasteiger partial charge in [0.15, 0.2) is 0 Å². The molecule has 0 aliphatic heterocycles. The zero-order chi connectivity index (χ0) is 12.3. The van der Waals surface area contributed by atoms with Crippen LogP contribution in [0.2, 0.25) is 0 Å². The average molecular weight is 233 g/mol. The first-order valence-electron chi connectivity index (χ1n) is 5.03. The van der Waals surface area contributed by atoms with E-state index in [1.807, 2.05) is 0 Å². The molecule has 0 aliphatic rings. The molecule has 0 atom stereocenters. The third-order valence-electron chi connectivity index (χ3n) is 2.14. The Morgan fingerprint density at radius 3 is 2.94 bits per heavy atom. The van der Waals surface area contributed by atoms with Crippen molar-refractivity contribution in [1.82, 2.24) is 5.16 Å². The fourth-order valence-electron chi connectivity index (χ4n) is 1.36. The van der Waals surface area contributed by atoms with Gasteiger partial charge < -0.3 is 14.4 Å². The summed E-state index contributed by atoms with van der Waals surface area (Å²) in [6.45, 7) is 2.04. The minimum Gasteiger partial charge on any atom is -0.487 e. The molecule has 0 bridgehead atoms. The van der Waals surface area contributed by atoms with Crippen LogP contribution in [0.25, 0.3) is 0 Å². The van der Waals surface area contributed by atoms with Crippen molar-refractivity contribution in [2.45, 2.75) is 13.5 Å². The van der Waals surface area contributed by atoms with Crippen molar-refractivity contribution in [2.75, 3.05) is 0 Å². The first-order chi connectivity index (χ1) is 8.15. The number of aromatic nitrogens is 1. The molecule has 17 heavy (non-hydrogen) atoms. The third kappa shape index (κ3) is 2.84. The maximum atomic E-state index is 10.7. The van der Waals surface area contributed by atoms with Gasteiger partial charge in [0, 0.05) is 6.07 Å². The van der Waals surface area contributed by atoms with Crippen LogP contribution < -0.4 is 4.74 Å². The highest BCUT2D eigenvalue weighted by Crippen LogP contribution is 2.15. The summed E-state index contributed by atoms with van der Waals surface area (Å²) in [4.78, 5) is 10.7. The molecule has 0 saturated carbocycles. The fourth-order valence-corrected chi connectivity index (χ4v) is 1.36. The van der Waals surface area contributed by atoms with E-state index in [9.17, 15) is 4.79 Å². The van der Waals surface area contributed by atoms with Crippen molar-refractivity contribution >= 4 is 5.97 Å². The Morgan fingerprint density at radius 2 is 2.29 bits per heavy atom. The molecule has 2 aromatic rings. The molecule has 0 saturated heterocycles. The smallest absolute Gasteiger partial charge is 0.335 e. The number of carboxylic acids is 1. The lowest BCUT2D eigenvalue weighted by Gasteiger charge is -2.04. The Morgan fingerprint density at radius 1 is 1.47 bits per heavy atom. The number of nitrogens with zero attached hydrogens (tertiary/aromatic N) is 1. The van der Waals surface area contributed by atoms with Gasteiger partial charge in [-0.15, -0.1) is 0 Å². The van der Waals surface area contributed by atoms with Gasteiger partial charge in [-0.1, -0.05) is 11.2 Å². The van der Waals surface area contributed by atoms with Crippen LogP contribution in [-0.2, 0) is 6.61 Å². The lowest BCUT2D eigenvalue weighted by molar-refractivity contribution is 0.0696. The zero-order valence-corrected chi connectivity index (χ0v) is 9.21. The summed E-state index contributed by atoms with van der Waals surface area (Å²) in [5, 5.41) is 12.6. The number of benzene rings is 1. The van der Waals surface area contributed by atoms with E-state index in [-0.39, 0.29) is 12.2 Å². The van der Waals surface area contributed by atoms with Gasteiger partial charge in [-0.05, 0) is 25.1 Å². The Labute approximate surface area is 97.6 Å². The van der Waals surface area contributed by atoms with Gasteiger partial charge >= 0.3 is 5.97 Å². The van der Waals surface area contributed by atoms with Crippen molar-refractivity contribution in [2.24, 2.45) is 0 Å². The molecule has 0 spiro atoms. The van der Waals surface area contributed by atoms with Crippen LogP contribution in [0.3, 0.4) is 0 Å². The van der Waals surface area contributed by atoms with Crippen LogP contribution in [0.4, 0.5) is 0 Å². The molecule has 2 rings (SSSR count). The SMILES string of the molecule is Cc1cc(COc2cccc(C(=O)O)c2)no1. The molecule has 5 nitrogen and oxygen atoms in total. The molecule has 1 heterocycles. The topological polar surface area (TPSA) is 72.6 Å². The van der Waals surface area contributed by atoms with Crippen LogP contribution in [0.15, 0.2) is 34.9 Å². The summed E-state index contributed by atoms with van der Waals surface area (Å²) in [7, 11) is 0. The minimum absolute atomic E-state index is 0.193. The Balaban J connectivity index is 2.04. The summed E-state index contributed by atoms with van der Waals surface area (Å²) in [6, 6.07) is 8.07. The van der Waals surface area contributed by atoms with Crippen LogP contribution in [-0.4, -0.2) is 16.2 Å². The number of hydrogen-bond donors (Lipinski definition) is 1. The van der Waals surface area contributed by atoms with Crippen LogP contribution >= 0.6 is 0 Å². The highest BCUT2D eigenvalue weighted by molar-refractivity contribution is 5.87. The van der Waals surface area contributed by atoms with Crippen LogP contribution in [0.5, 0.6) is 5.75 Å². The summed E-state index contributed by atoms with van der Waals surface area (Å²) in [6.07, 6.45) is 0. The number of carbonyl (C=O) groups is 1. The number of hydrogen-bond acceptors (Lipinski definition) is 4. The van der Waals surface area contributed by atoms with Gasteiger partial charge in [-0.2, -0.15) is 0 Å². The second-order valence-electron chi connectivity index (χ2n) is 3.55. The van der Waals surface area contributed by atoms with Gasteiger partial charge in [0.2, 0.25) is 0 Å². The first-order valence-corrected chi connectivity index (χ1v) is 5.03. The molecule has 1 aromatic heterocycles. The maximum absolute atomic E-state index is 10.7. The number of carboxylic acid groups (broad SMARTS) is 1. The molecule has 0 radical (unpaired) electrons. The highest BCUT2D eigenvalue weighted by Gasteiger charge is 2.05. The zero-order valence-electron chi connectivity index (χ0n) is 9.21. The van der Waals surface area contributed by atoms with E-state index < -0.39 is 5.97 Å². The van der Waals surface area contributed by atoms with E-state index in [4.69, 9.17) is 14.4 Å². The lowest BCUT2D eigenvalue weighted by atomic mass is 10.2. The summed E-state index contributed by atoms with van der Waals surface area (Å²) < 4.78 is 10.3. The number of aryl methyl sites for hydroxylation is 1. The van der Waals surface area contributed by atoms with Crippen LogP contribution in [0, 0.1) is 6.92 Å². The molecule has 0 unspecified atom stereocenters. The Hall–Kier alpha value is -2.30. The van der Waals surface area contributed by atoms with Crippen molar-refractivity contribution in [3.63, 3.8) is 0 Å². The molecule has 88 valence electrons. The third-order valence-corrected chi connectivity index (χ3v) is 2.14. The quantitative estimate of drug-likeness (QED) is 0.876. The number of ether oxygens (including phenoxy) is 1. The summed E-state index contributed by atoms with van der Waals surface area (Å²) >= 11 is 0. The molecule has 0 amide bonds. The second-order valence-corrected chi connectivity index (χ2v) is 3.55. The van der Waals surface area contributed by atoms with Crippen LogP contribution in [0.1, 0.15) is 21.8 Å². The molecule has 1 N–H and O–H groups in total. The second kappa shape index (κ2) is 4.69. The van der Waals surface area contributed by atoms with E-state index in [1.165, 1.54) is 12.1 Å².